The molecule has 0 radical (unpaired) electrons. The van der Waals surface area contributed by atoms with Crippen LogP contribution in [0, 0.1) is 12.8 Å². The van der Waals surface area contributed by atoms with Crippen LogP contribution in [0.3, 0.4) is 0 Å². The lowest BCUT2D eigenvalue weighted by Crippen LogP contribution is -2.31. The van der Waals surface area contributed by atoms with Gasteiger partial charge in [-0.15, -0.1) is 0 Å². The maximum atomic E-state index is 12.4. The van der Waals surface area contributed by atoms with Gasteiger partial charge in [0.2, 0.25) is 11.8 Å². The molecule has 1 fully saturated rings. The normalized spacial score (nSPS) is 18.9. The molecular weight excluding hydrogens is 256 g/mol. The fraction of sp³-hybridized carbons (Fsp3) is 0.267. The van der Waals surface area contributed by atoms with Crippen LogP contribution in [0.25, 0.3) is 0 Å². The van der Waals surface area contributed by atoms with Crippen molar-refractivity contribution in [3.05, 3.63) is 47.7 Å². The fourth-order valence-electron chi connectivity index (χ4n) is 2.45. The van der Waals surface area contributed by atoms with Gasteiger partial charge in [0.1, 0.15) is 5.76 Å². The molecular formula is C15H14N2O3. The highest BCUT2D eigenvalue weighted by atomic mass is 16.5. The fourth-order valence-corrected chi connectivity index (χ4v) is 2.45. The summed E-state index contributed by atoms with van der Waals surface area (Å²) in [5.41, 5.74) is 1.05. The Morgan fingerprint density at radius 2 is 2.05 bits per heavy atom. The van der Waals surface area contributed by atoms with Crippen LogP contribution >= 0.6 is 0 Å². The predicted octanol–water partition coefficient (Wildman–Crippen LogP) is 2.11. The summed E-state index contributed by atoms with van der Waals surface area (Å²) in [5.74, 6) is 0.124. The van der Waals surface area contributed by atoms with Crippen LogP contribution in [0.2, 0.25) is 0 Å². The van der Waals surface area contributed by atoms with Crippen molar-refractivity contribution in [2.24, 2.45) is 5.92 Å². The number of nitrogens with zero attached hydrogens (tertiary/aromatic N) is 2. The predicted molar refractivity (Wildman–Crippen MR) is 72.0 cm³/mol. The molecule has 0 N–H and O–H groups in total. The number of carbonyl (C=O) groups is 2. The van der Waals surface area contributed by atoms with Gasteiger partial charge in [-0.25, -0.2) is 4.90 Å². The van der Waals surface area contributed by atoms with Gasteiger partial charge in [0.15, 0.2) is 5.82 Å². The maximum Gasteiger partial charge on any atom is 0.239 e. The number of imide groups is 1. The van der Waals surface area contributed by atoms with E-state index in [1.807, 2.05) is 30.3 Å². The standard InChI is InChI=1S/C15H14N2O3/c1-10-7-13(16-20-10)17-14(18)9-12(15(17)19)8-11-5-3-2-4-6-11/h2-7,12H,8-9H2,1H3/t12-/m0/s1. The summed E-state index contributed by atoms with van der Waals surface area (Å²) in [7, 11) is 0. The Morgan fingerprint density at radius 3 is 2.70 bits per heavy atom. The first kappa shape index (κ1) is 12.6. The Balaban J connectivity index is 1.80. The molecule has 1 aliphatic rings. The molecule has 1 atom stereocenters. The monoisotopic (exact) mass is 270 g/mol. The number of rotatable bonds is 3. The van der Waals surface area contributed by atoms with Crippen LogP contribution in [-0.4, -0.2) is 17.0 Å². The molecule has 3 rings (SSSR count). The second-order valence-electron chi connectivity index (χ2n) is 4.95. The molecule has 2 heterocycles. The topological polar surface area (TPSA) is 63.4 Å². The summed E-state index contributed by atoms with van der Waals surface area (Å²) in [6.07, 6.45) is 0.790. The molecule has 0 bridgehead atoms. The van der Waals surface area contributed by atoms with Gasteiger partial charge in [-0.1, -0.05) is 35.5 Å². The van der Waals surface area contributed by atoms with E-state index >= 15 is 0 Å². The number of hydrogen-bond donors (Lipinski definition) is 0. The summed E-state index contributed by atoms with van der Waals surface area (Å²) in [6.45, 7) is 1.73. The van der Waals surface area contributed by atoms with Crippen LogP contribution in [0.5, 0.6) is 0 Å². The van der Waals surface area contributed by atoms with Crippen molar-refractivity contribution < 1.29 is 14.1 Å². The van der Waals surface area contributed by atoms with Crippen molar-refractivity contribution in [1.82, 2.24) is 5.16 Å². The lowest BCUT2D eigenvalue weighted by molar-refractivity contribution is -0.122. The minimum Gasteiger partial charge on any atom is -0.360 e. The Labute approximate surface area is 116 Å². The van der Waals surface area contributed by atoms with Gasteiger partial charge >= 0.3 is 0 Å². The van der Waals surface area contributed by atoms with Crippen molar-refractivity contribution in [2.45, 2.75) is 19.8 Å². The molecule has 20 heavy (non-hydrogen) atoms. The first-order valence-electron chi connectivity index (χ1n) is 6.49. The van der Waals surface area contributed by atoms with E-state index in [9.17, 15) is 9.59 Å². The Kier molecular flexibility index (Phi) is 3.10. The summed E-state index contributed by atoms with van der Waals surface area (Å²) >= 11 is 0. The lowest BCUT2D eigenvalue weighted by Gasteiger charge is -2.11. The highest BCUT2D eigenvalue weighted by molar-refractivity contribution is 6.20. The van der Waals surface area contributed by atoms with E-state index in [1.165, 1.54) is 0 Å². The van der Waals surface area contributed by atoms with E-state index in [0.29, 0.717) is 12.2 Å². The Morgan fingerprint density at radius 1 is 1.30 bits per heavy atom. The number of amides is 2. The van der Waals surface area contributed by atoms with Gasteiger partial charge < -0.3 is 4.52 Å². The zero-order valence-corrected chi connectivity index (χ0v) is 11.1. The summed E-state index contributed by atoms with van der Waals surface area (Å²) in [5, 5.41) is 3.75. The van der Waals surface area contributed by atoms with Crippen LogP contribution in [0.1, 0.15) is 17.7 Å². The van der Waals surface area contributed by atoms with Crippen molar-refractivity contribution >= 4 is 17.6 Å². The molecule has 0 aliphatic carbocycles. The minimum absolute atomic E-state index is 0.202. The average molecular weight is 270 g/mol. The molecule has 0 saturated carbocycles. The summed E-state index contributed by atoms with van der Waals surface area (Å²) in [6, 6.07) is 11.3. The number of aryl methyl sites for hydroxylation is 1. The number of benzene rings is 1. The molecule has 5 nitrogen and oxygen atoms in total. The van der Waals surface area contributed by atoms with Gasteiger partial charge in [-0.05, 0) is 18.9 Å². The van der Waals surface area contributed by atoms with E-state index in [-0.39, 0.29) is 30.0 Å². The second-order valence-corrected chi connectivity index (χ2v) is 4.95. The van der Waals surface area contributed by atoms with Crippen LogP contribution in [0.15, 0.2) is 40.9 Å². The Bertz CT molecular complexity index is 648. The third kappa shape index (κ3) is 2.22. The number of aromatic nitrogens is 1. The van der Waals surface area contributed by atoms with Crippen molar-refractivity contribution in [3.8, 4) is 0 Å². The maximum absolute atomic E-state index is 12.4. The molecule has 1 aliphatic heterocycles. The molecule has 5 heteroatoms. The highest BCUT2D eigenvalue weighted by Gasteiger charge is 2.40. The van der Waals surface area contributed by atoms with Gasteiger partial charge in [-0.2, -0.15) is 0 Å². The lowest BCUT2D eigenvalue weighted by atomic mass is 9.98. The van der Waals surface area contributed by atoms with E-state index in [2.05, 4.69) is 5.16 Å². The molecule has 1 saturated heterocycles. The molecule has 1 aromatic carbocycles. The minimum atomic E-state index is -0.318. The quantitative estimate of drug-likeness (QED) is 0.801. The van der Waals surface area contributed by atoms with E-state index in [0.717, 1.165) is 10.5 Å². The average Bonchev–Trinajstić information content (AvgIpc) is 2.96. The van der Waals surface area contributed by atoms with Gasteiger partial charge in [0.05, 0.1) is 5.92 Å². The van der Waals surface area contributed by atoms with Gasteiger partial charge in [0, 0.05) is 12.5 Å². The molecule has 2 aromatic rings. The molecule has 2 amide bonds. The number of carbonyl (C=O) groups excluding carboxylic acids is 2. The third-order valence-electron chi connectivity index (χ3n) is 3.41. The van der Waals surface area contributed by atoms with Gasteiger partial charge in [0.25, 0.3) is 0 Å². The largest absolute Gasteiger partial charge is 0.360 e. The van der Waals surface area contributed by atoms with Gasteiger partial charge in [-0.3, -0.25) is 9.59 Å². The van der Waals surface area contributed by atoms with Crippen molar-refractivity contribution in [1.29, 1.82) is 0 Å². The highest BCUT2D eigenvalue weighted by Crippen LogP contribution is 2.28. The first-order valence-corrected chi connectivity index (χ1v) is 6.49. The summed E-state index contributed by atoms with van der Waals surface area (Å²) < 4.78 is 4.93. The van der Waals surface area contributed by atoms with Crippen LogP contribution < -0.4 is 4.90 Å². The number of hydrogen-bond acceptors (Lipinski definition) is 4. The van der Waals surface area contributed by atoms with E-state index < -0.39 is 0 Å². The van der Waals surface area contributed by atoms with Crippen molar-refractivity contribution in [2.75, 3.05) is 4.90 Å². The second kappa shape index (κ2) is 4.92. The molecule has 1 aromatic heterocycles. The van der Waals surface area contributed by atoms with Crippen LogP contribution in [0.4, 0.5) is 5.82 Å². The number of anilines is 1. The molecule has 0 spiro atoms. The molecule has 102 valence electrons. The van der Waals surface area contributed by atoms with E-state index in [4.69, 9.17) is 4.52 Å². The first-order chi connectivity index (χ1) is 9.65. The molecule has 0 unspecified atom stereocenters. The van der Waals surface area contributed by atoms with Crippen molar-refractivity contribution in [3.63, 3.8) is 0 Å². The zero-order valence-electron chi connectivity index (χ0n) is 11.1. The SMILES string of the molecule is Cc1cc(N2C(=O)C[C@H](Cc3ccccc3)C2=O)no1. The third-order valence-corrected chi connectivity index (χ3v) is 3.41. The summed E-state index contributed by atoms with van der Waals surface area (Å²) in [4.78, 5) is 25.5. The Hall–Kier alpha value is -2.43. The van der Waals surface area contributed by atoms with E-state index in [1.54, 1.807) is 13.0 Å². The smallest absolute Gasteiger partial charge is 0.239 e. The van der Waals surface area contributed by atoms with Crippen LogP contribution in [-0.2, 0) is 16.0 Å². The zero-order chi connectivity index (χ0) is 14.1.